The van der Waals surface area contributed by atoms with Crippen LogP contribution in [0.1, 0.15) is 31.2 Å². The van der Waals surface area contributed by atoms with Crippen LogP contribution < -0.4 is 11.1 Å². The van der Waals surface area contributed by atoms with Crippen molar-refractivity contribution in [2.24, 2.45) is 11.1 Å². The van der Waals surface area contributed by atoms with Gasteiger partial charge in [-0.25, -0.2) is 0 Å². The highest BCUT2D eigenvalue weighted by Gasteiger charge is 2.39. The van der Waals surface area contributed by atoms with Crippen LogP contribution in [0, 0.1) is 5.41 Å². The number of carbonyl (C=O) groups is 1. The number of carbonyl (C=O) groups excluding carboxylic acids is 1. The predicted molar refractivity (Wildman–Crippen MR) is 70.9 cm³/mol. The molecule has 1 fully saturated rings. The number of rotatable bonds is 4. The lowest BCUT2D eigenvalue weighted by Crippen LogP contribution is -2.40. The highest BCUT2D eigenvalue weighted by Crippen LogP contribution is 2.38. The molecule has 1 aliphatic carbocycles. The van der Waals surface area contributed by atoms with Crippen molar-refractivity contribution in [2.45, 2.75) is 32.3 Å². The van der Waals surface area contributed by atoms with Crippen molar-refractivity contribution >= 4 is 11.6 Å². The topological polar surface area (TPSA) is 75.4 Å². The van der Waals surface area contributed by atoms with Crippen molar-refractivity contribution < 1.29 is 9.90 Å². The van der Waals surface area contributed by atoms with Crippen LogP contribution in [0.4, 0.5) is 5.69 Å². The maximum atomic E-state index is 12.3. The summed E-state index contributed by atoms with van der Waals surface area (Å²) >= 11 is 0. The Balaban J connectivity index is 2.05. The minimum Gasteiger partial charge on any atom is -0.392 e. The molecule has 4 nitrogen and oxygen atoms in total. The van der Waals surface area contributed by atoms with Gasteiger partial charge in [0.05, 0.1) is 12.0 Å². The molecule has 0 unspecified atom stereocenters. The van der Waals surface area contributed by atoms with Crippen LogP contribution in [-0.2, 0) is 11.4 Å². The van der Waals surface area contributed by atoms with E-state index >= 15 is 0 Å². The van der Waals surface area contributed by atoms with Gasteiger partial charge >= 0.3 is 0 Å². The van der Waals surface area contributed by atoms with Crippen molar-refractivity contribution in [3.8, 4) is 0 Å². The van der Waals surface area contributed by atoms with Crippen LogP contribution in [0.2, 0.25) is 0 Å². The van der Waals surface area contributed by atoms with Gasteiger partial charge in [-0.2, -0.15) is 0 Å². The lowest BCUT2D eigenvalue weighted by Gasteiger charge is -2.25. The van der Waals surface area contributed by atoms with E-state index in [4.69, 9.17) is 10.8 Å². The summed E-state index contributed by atoms with van der Waals surface area (Å²) < 4.78 is 0. The lowest BCUT2D eigenvalue weighted by atomic mass is 9.85. The van der Waals surface area contributed by atoms with Crippen LogP contribution in [0.15, 0.2) is 24.3 Å². The second kappa shape index (κ2) is 5.50. The van der Waals surface area contributed by atoms with Crippen LogP contribution in [0.5, 0.6) is 0 Å². The van der Waals surface area contributed by atoms with Gasteiger partial charge in [-0.15, -0.1) is 0 Å². The number of benzene rings is 1. The zero-order valence-corrected chi connectivity index (χ0v) is 10.5. The van der Waals surface area contributed by atoms with Gasteiger partial charge in [0, 0.05) is 12.2 Å². The molecule has 0 radical (unpaired) electrons. The predicted octanol–water partition coefficient (Wildman–Crippen LogP) is 1.64. The molecule has 98 valence electrons. The number of aliphatic hydroxyl groups excluding tert-OH is 1. The first-order valence-corrected chi connectivity index (χ1v) is 6.41. The second-order valence-electron chi connectivity index (χ2n) is 5.00. The standard InChI is InChI=1S/C14H20N2O2/c15-10-14(7-1-2-8-14)13(18)16-12-5-3-11(9-17)4-6-12/h3-6,17H,1-2,7-10,15H2,(H,16,18). The van der Waals surface area contributed by atoms with E-state index in [1.54, 1.807) is 12.1 Å². The van der Waals surface area contributed by atoms with Crippen molar-refractivity contribution in [3.05, 3.63) is 29.8 Å². The molecule has 0 spiro atoms. The minimum atomic E-state index is -0.379. The number of amides is 1. The molecule has 0 bridgehead atoms. The van der Waals surface area contributed by atoms with Gasteiger partial charge in [0.2, 0.25) is 5.91 Å². The van der Waals surface area contributed by atoms with Gasteiger partial charge in [-0.3, -0.25) is 4.79 Å². The molecule has 0 aliphatic heterocycles. The number of nitrogens with one attached hydrogen (secondary N) is 1. The van der Waals surface area contributed by atoms with Crippen LogP contribution in [-0.4, -0.2) is 17.6 Å². The summed E-state index contributed by atoms with van der Waals surface area (Å²) in [5.74, 6) is 0.0271. The number of aliphatic hydroxyl groups is 1. The highest BCUT2D eigenvalue weighted by atomic mass is 16.3. The quantitative estimate of drug-likeness (QED) is 0.758. The number of hydrogen-bond acceptors (Lipinski definition) is 3. The van der Waals surface area contributed by atoms with Crippen LogP contribution in [0.3, 0.4) is 0 Å². The molecule has 4 N–H and O–H groups in total. The zero-order valence-electron chi connectivity index (χ0n) is 10.5. The fourth-order valence-corrected chi connectivity index (χ4v) is 2.53. The van der Waals surface area contributed by atoms with E-state index < -0.39 is 0 Å². The smallest absolute Gasteiger partial charge is 0.231 e. The molecular formula is C14H20N2O2. The monoisotopic (exact) mass is 248 g/mol. The van der Waals surface area contributed by atoms with E-state index in [9.17, 15) is 4.79 Å². The van der Waals surface area contributed by atoms with Crippen LogP contribution in [0.25, 0.3) is 0 Å². The first-order chi connectivity index (χ1) is 8.70. The first-order valence-electron chi connectivity index (χ1n) is 6.41. The molecule has 0 aromatic heterocycles. The maximum absolute atomic E-state index is 12.3. The molecule has 2 rings (SSSR count). The minimum absolute atomic E-state index is 0.0148. The Labute approximate surface area is 107 Å². The Kier molecular flexibility index (Phi) is 3.99. The fraction of sp³-hybridized carbons (Fsp3) is 0.500. The summed E-state index contributed by atoms with van der Waals surface area (Å²) in [7, 11) is 0. The van der Waals surface area contributed by atoms with E-state index in [0.717, 1.165) is 36.9 Å². The average molecular weight is 248 g/mol. The summed E-state index contributed by atoms with van der Waals surface area (Å²) in [4.78, 5) is 12.3. The third kappa shape index (κ3) is 2.54. The van der Waals surface area contributed by atoms with Crippen molar-refractivity contribution in [3.63, 3.8) is 0 Å². The van der Waals surface area contributed by atoms with Crippen molar-refractivity contribution in [2.75, 3.05) is 11.9 Å². The highest BCUT2D eigenvalue weighted by molar-refractivity contribution is 5.95. The van der Waals surface area contributed by atoms with E-state index in [-0.39, 0.29) is 17.9 Å². The number of anilines is 1. The SMILES string of the molecule is NCC1(C(=O)Nc2ccc(CO)cc2)CCCC1. The fourth-order valence-electron chi connectivity index (χ4n) is 2.53. The van der Waals surface area contributed by atoms with Gasteiger partial charge < -0.3 is 16.2 Å². The van der Waals surface area contributed by atoms with E-state index in [1.165, 1.54) is 0 Å². The molecule has 1 amide bonds. The Morgan fingerprint density at radius 2 is 1.89 bits per heavy atom. The third-order valence-corrected chi connectivity index (χ3v) is 3.83. The molecule has 18 heavy (non-hydrogen) atoms. The molecule has 1 aliphatic rings. The van der Waals surface area contributed by atoms with E-state index in [0.29, 0.717) is 6.54 Å². The molecule has 0 saturated heterocycles. The molecule has 1 saturated carbocycles. The zero-order chi connectivity index (χ0) is 13.0. The van der Waals surface area contributed by atoms with Crippen molar-refractivity contribution in [1.82, 2.24) is 0 Å². The largest absolute Gasteiger partial charge is 0.392 e. The third-order valence-electron chi connectivity index (χ3n) is 3.83. The number of nitrogens with two attached hydrogens (primary N) is 1. The summed E-state index contributed by atoms with van der Waals surface area (Å²) in [5.41, 5.74) is 6.99. The second-order valence-corrected chi connectivity index (χ2v) is 5.00. The van der Waals surface area contributed by atoms with Gasteiger partial charge in [-0.1, -0.05) is 25.0 Å². The molecule has 0 heterocycles. The van der Waals surface area contributed by atoms with Crippen LogP contribution >= 0.6 is 0 Å². The summed E-state index contributed by atoms with van der Waals surface area (Å²) in [6.07, 6.45) is 3.91. The number of hydrogen-bond donors (Lipinski definition) is 3. The maximum Gasteiger partial charge on any atom is 0.231 e. The average Bonchev–Trinajstić information content (AvgIpc) is 2.89. The summed E-state index contributed by atoms with van der Waals surface area (Å²) in [6.45, 7) is 0.425. The molecule has 0 atom stereocenters. The molecule has 1 aromatic carbocycles. The Bertz CT molecular complexity index is 408. The van der Waals surface area contributed by atoms with Gasteiger partial charge in [0.15, 0.2) is 0 Å². The van der Waals surface area contributed by atoms with Gasteiger partial charge in [-0.05, 0) is 30.5 Å². The summed E-state index contributed by atoms with van der Waals surface area (Å²) in [5, 5.41) is 11.9. The Morgan fingerprint density at radius 1 is 1.28 bits per heavy atom. The Morgan fingerprint density at radius 3 is 2.39 bits per heavy atom. The van der Waals surface area contributed by atoms with Gasteiger partial charge in [0.1, 0.15) is 0 Å². The lowest BCUT2D eigenvalue weighted by molar-refractivity contribution is -0.124. The molecule has 1 aromatic rings. The summed E-state index contributed by atoms with van der Waals surface area (Å²) in [6, 6.07) is 7.23. The van der Waals surface area contributed by atoms with E-state index in [2.05, 4.69) is 5.32 Å². The molecule has 4 heteroatoms. The first kappa shape index (κ1) is 13.1. The molecular weight excluding hydrogens is 228 g/mol. The van der Waals surface area contributed by atoms with Gasteiger partial charge in [0.25, 0.3) is 0 Å². The normalized spacial score (nSPS) is 17.7. The van der Waals surface area contributed by atoms with E-state index in [1.807, 2.05) is 12.1 Å². The van der Waals surface area contributed by atoms with Crippen molar-refractivity contribution in [1.29, 1.82) is 0 Å². The Hall–Kier alpha value is -1.39.